The summed E-state index contributed by atoms with van der Waals surface area (Å²) < 4.78 is 4.02. The molecule has 96 valence electrons. The number of nitrogens with two attached hydrogens (primary N) is 1. The minimum absolute atomic E-state index is 0.199. The van der Waals surface area contributed by atoms with E-state index in [1.807, 2.05) is 0 Å². The Morgan fingerprint density at radius 1 is 1.53 bits per heavy atom. The molecule has 1 heterocycles. The van der Waals surface area contributed by atoms with Gasteiger partial charge < -0.3 is 16.4 Å². The molecule has 2 atom stereocenters. The number of carbonyl (C=O) groups is 1. The minimum atomic E-state index is -0.199. The van der Waals surface area contributed by atoms with E-state index in [-0.39, 0.29) is 17.8 Å². The summed E-state index contributed by atoms with van der Waals surface area (Å²) in [7, 11) is 1.58. The largest absolute Gasteiger partial charge is 0.382 e. The summed E-state index contributed by atoms with van der Waals surface area (Å²) in [5.41, 5.74) is 6.15. The van der Waals surface area contributed by atoms with Crippen LogP contribution >= 0.6 is 11.5 Å². The van der Waals surface area contributed by atoms with Crippen LogP contribution in [-0.2, 0) is 0 Å². The maximum absolute atomic E-state index is 11.7. The summed E-state index contributed by atoms with van der Waals surface area (Å²) in [4.78, 5) is 11.7. The molecule has 0 aromatic carbocycles. The van der Waals surface area contributed by atoms with Crippen LogP contribution in [0.5, 0.6) is 0 Å². The normalized spacial score (nSPS) is 14.1. The molecule has 0 fully saturated rings. The highest BCUT2D eigenvalue weighted by molar-refractivity contribution is 7.11. The molecule has 1 aromatic rings. The molecule has 0 aliphatic heterocycles. The summed E-state index contributed by atoms with van der Waals surface area (Å²) in [6.45, 7) is 6.41. The van der Waals surface area contributed by atoms with Crippen LogP contribution in [0.2, 0.25) is 0 Å². The number of amides is 1. The maximum atomic E-state index is 11.7. The van der Waals surface area contributed by atoms with Crippen LogP contribution in [-0.4, -0.2) is 23.4 Å². The van der Waals surface area contributed by atoms with Crippen molar-refractivity contribution in [2.24, 2.45) is 5.92 Å². The van der Waals surface area contributed by atoms with Gasteiger partial charge >= 0.3 is 0 Å². The molecule has 2 unspecified atom stereocenters. The van der Waals surface area contributed by atoms with E-state index in [1.165, 1.54) is 11.5 Å². The molecule has 6 heteroatoms. The van der Waals surface area contributed by atoms with Crippen molar-refractivity contribution in [3.63, 3.8) is 0 Å². The van der Waals surface area contributed by atoms with Crippen LogP contribution in [0.4, 0.5) is 10.8 Å². The fraction of sp³-hybridized carbons (Fsp3) is 0.636. The van der Waals surface area contributed by atoms with E-state index in [0.717, 1.165) is 11.4 Å². The Hall–Kier alpha value is -1.30. The lowest BCUT2D eigenvalue weighted by atomic mass is 10.0. The predicted molar refractivity (Wildman–Crippen MR) is 72.5 cm³/mol. The van der Waals surface area contributed by atoms with Gasteiger partial charge in [-0.25, -0.2) is 0 Å². The highest BCUT2D eigenvalue weighted by Gasteiger charge is 2.20. The Labute approximate surface area is 106 Å². The molecule has 5 nitrogen and oxygen atoms in total. The van der Waals surface area contributed by atoms with Crippen LogP contribution < -0.4 is 16.4 Å². The number of carbonyl (C=O) groups excluding carboxylic acids is 1. The van der Waals surface area contributed by atoms with Gasteiger partial charge in [0.05, 0.1) is 0 Å². The molecule has 1 amide bonds. The van der Waals surface area contributed by atoms with E-state index in [0.29, 0.717) is 11.5 Å². The van der Waals surface area contributed by atoms with E-state index in [9.17, 15) is 4.79 Å². The standard InChI is InChI=1S/C11H20N4OS/c1-5-6(2)7(3)14-11-8(10(16)13-4)9(12)15-17-11/h6-7,14H,5H2,1-4H3,(H2,12,15)(H,13,16). The summed E-state index contributed by atoms with van der Waals surface area (Å²) in [5.74, 6) is 0.610. The predicted octanol–water partition coefficient (Wildman–Crippen LogP) is 1.93. The average molecular weight is 256 g/mol. The quantitative estimate of drug-likeness (QED) is 0.752. The first kappa shape index (κ1) is 13.8. The zero-order chi connectivity index (χ0) is 13.0. The Bertz CT molecular complexity index is 391. The van der Waals surface area contributed by atoms with Gasteiger partial charge in [0.15, 0.2) is 5.82 Å². The van der Waals surface area contributed by atoms with Crippen molar-refractivity contribution >= 4 is 28.3 Å². The van der Waals surface area contributed by atoms with Gasteiger partial charge in [-0.05, 0) is 24.4 Å². The van der Waals surface area contributed by atoms with Crippen LogP contribution in [0.25, 0.3) is 0 Å². The summed E-state index contributed by atoms with van der Waals surface area (Å²) in [6, 6.07) is 0.281. The molecule has 0 aliphatic carbocycles. The number of rotatable bonds is 5. The molecule has 1 aromatic heterocycles. The first-order chi connectivity index (χ1) is 8.01. The highest BCUT2D eigenvalue weighted by Crippen LogP contribution is 2.28. The summed E-state index contributed by atoms with van der Waals surface area (Å²) >= 11 is 1.23. The van der Waals surface area contributed by atoms with Crippen LogP contribution in [0.1, 0.15) is 37.6 Å². The van der Waals surface area contributed by atoms with Crippen LogP contribution in [0.15, 0.2) is 0 Å². The van der Waals surface area contributed by atoms with E-state index in [2.05, 4.69) is 35.8 Å². The van der Waals surface area contributed by atoms with E-state index < -0.39 is 0 Å². The molecule has 0 saturated carbocycles. The smallest absolute Gasteiger partial charge is 0.257 e. The molecular formula is C11H20N4OS. The molecular weight excluding hydrogens is 236 g/mol. The van der Waals surface area contributed by atoms with Crippen LogP contribution in [0.3, 0.4) is 0 Å². The lowest BCUT2D eigenvalue weighted by Gasteiger charge is -2.20. The van der Waals surface area contributed by atoms with Crippen molar-refractivity contribution < 1.29 is 4.79 Å². The fourth-order valence-electron chi connectivity index (χ4n) is 1.45. The number of nitrogen functional groups attached to an aromatic ring is 1. The molecule has 17 heavy (non-hydrogen) atoms. The molecule has 0 saturated heterocycles. The van der Waals surface area contributed by atoms with Gasteiger partial charge in [0, 0.05) is 13.1 Å². The molecule has 0 aliphatic rings. The van der Waals surface area contributed by atoms with E-state index in [1.54, 1.807) is 7.05 Å². The fourth-order valence-corrected chi connectivity index (χ4v) is 2.26. The number of aromatic nitrogens is 1. The number of nitrogens with one attached hydrogen (secondary N) is 2. The summed E-state index contributed by atoms with van der Waals surface area (Å²) in [6.07, 6.45) is 1.08. The topological polar surface area (TPSA) is 80.0 Å². The first-order valence-corrected chi connectivity index (χ1v) is 6.52. The van der Waals surface area contributed by atoms with Crippen molar-refractivity contribution in [1.29, 1.82) is 0 Å². The third kappa shape index (κ3) is 3.09. The number of hydrogen-bond donors (Lipinski definition) is 3. The maximum Gasteiger partial charge on any atom is 0.257 e. The summed E-state index contributed by atoms with van der Waals surface area (Å²) in [5, 5.41) is 6.63. The second kappa shape index (κ2) is 5.86. The van der Waals surface area contributed by atoms with Crippen molar-refractivity contribution in [2.45, 2.75) is 33.2 Å². The number of nitrogens with zero attached hydrogens (tertiary/aromatic N) is 1. The lowest BCUT2D eigenvalue weighted by Crippen LogP contribution is -2.25. The number of anilines is 2. The van der Waals surface area contributed by atoms with Crippen molar-refractivity contribution in [3.05, 3.63) is 5.56 Å². The minimum Gasteiger partial charge on any atom is -0.382 e. The third-order valence-corrected chi connectivity index (χ3v) is 3.82. The highest BCUT2D eigenvalue weighted by atomic mass is 32.1. The van der Waals surface area contributed by atoms with Gasteiger partial charge in [0.2, 0.25) is 0 Å². The van der Waals surface area contributed by atoms with Gasteiger partial charge in [-0.3, -0.25) is 4.79 Å². The van der Waals surface area contributed by atoms with Gasteiger partial charge in [-0.1, -0.05) is 20.3 Å². The van der Waals surface area contributed by atoms with Crippen molar-refractivity contribution in [1.82, 2.24) is 9.69 Å². The second-order valence-electron chi connectivity index (χ2n) is 4.17. The molecule has 0 bridgehead atoms. The van der Waals surface area contributed by atoms with Crippen molar-refractivity contribution in [2.75, 3.05) is 18.1 Å². The molecule has 0 radical (unpaired) electrons. The Balaban J connectivity index is 2.88. The first-order valence-electron chi connectivity index (χ1n) is 5.75. The Morgan fingerprint density at radius 2 is 2.18 bits per heavy atom. The van der Waals surface area contributed by atoms with Gasteiger partial charge in [0.1, 0.15) is 10.6 Å². The monoisotopic (exact) mass is 256 g/mol. The molecule has 0 spiro atoms. The van der Waals surface area contributed by atoms with Gasteiger partial charge in [0.25, 0.3) is 5.91 Å². The number of hydrogen-bond acceptors (Lipinski definition) is 5. The van der Waals surface area contributed by atoms with Gasteiger partial charge in [-0.15, -0.1) is 0 Å². The Morgan fingerprint density at radius 3 is 2.71 bits per heavy atom. The zero-order valence-corrected chi connectivity index (χ0v) is 11.5. The average Bonchev–Trinajstić information content (AvgIpc) is 2.68. The van der Waals surface area contributed by atoms with Crippen LogP contribution in [0, 0.1) is 5.92 Å². The zero-order valence-electron chi connectivity index (χ0n) is 10.7. The second-order valence-corrected chi connectivity index (χ2v) is 4.94. The van der Waals surface area contributed by atoms with E-state index >= 15 is 0 Å². The van der Waals surface area contributed by atoms with E-state index in [4.69, 9.17) is 5.73 Å². The SMILES string of the molecule is CCC(C)C(C)Nc1snc(N)c1C(=O)NC. The molecule has 1 rings (SSSR count). The molecule has 4 N–H and O–H groups in total. The third-order valence-electron chi connectivity index (χ3n) is 3.03. The van der Waals surface area contributed by atoms with Crippen molar-refractivity contribution in [3.8, 4) is 0 Å². The lowest BCUT2D eigenvalue weighted by molar-refractivity contribution is 0.0965. The van der Waals surface area contributed by atoms with Gasteiger partial charge in [-0.2, -0.15) is 4.37 Å². The Kier molecular flexibility index (Phi) is 4.74.